The van der Waals surface area contributed by atoms with E-state index in [0.717, 1.165) is 50.0 Å². The van der Waals surface area contributed by atoms with Gasteiger partial charge in [-0.2, -0.15) is 0 Å². The first-order valence-electron chi connectivity index (χ1n) is 7.43. The van der Waals surface area contributed by atoms with E-state index >= 15 is 0 Å². The van der Waals surface area contributed by atoms with E-state index in [0.29, 0.717) is 0 Å². The number of ether oxygens (including phenoxy) is 2. The van der Waals surface area contributed by atoms with Crippen LogP contribution in [0.2, 0.25) is 0 Å². The molecule has 1 aromatic carbocycles. The van der Waals surface area contributed by atoms with Crippen LogP contribution in [-0.4, -0.2) is 26.3 Å². The highest BCUT2D eigenvalue weighted by Crippen LogP contribution is 2.34. The number of piperidine rings is 1. The average molecular weight is 261 g/mol. The van der Waals surface area contributed by atoms with Gasteiger partial charge in [-0.3, -0.25) is 0 Å². The van der Waals surface area contributed by atoms with Crippen LogP contribution in [0.25, 0.3) is 0 Å². The van der Waals surface area contributed by atoms with Crippen molar-refractivity contribution in [2.75, 3.05) is 26.3 Å². The Morgan fingerprint density at radius 1 is 1.16 bits per heavy atom. The second-order valence-electron chi connectivity index (χ2n) is 5.69. The molecule has 1 unspecified atom stereocenters. The number of nitrogens with one attached hydrogen (secondary N) is 1. The van der Waals surface area contributed by atoms with Gasteiger partial charge in [-0.25, -0.2) is 0 Å². The Labute approximate surface area is 115 Å². The van der Waals surface area contributed by atoms with Gasteiger partial charge >= 0.3 is 0 Å². The Morgan fingerprint density at radius 2 is 1.95 bits per heavy atom. The topological polar surface area (TPSA) is 30.5 Å². The van der Waals surface area contributed by atoms with Gasteiger partial charge in [0, 0.05) is 6.42 Å². The average Bonchev–Trinajstić information content (AvgIpc) is 2.65. The number of fused-ring (bicyclic) bond motifs is 1. The molecule has 1 atom stereocenters. The van der Waals surface area contributed by atoms with Crippen molar-refractivity contribution < 1.29 is 9.47 Å². The third kappa shape index (κ3) is 3.03. The van der Waals surface area contributed by atoms with E-state index in [1.54, 1.807) is 0 Å². The molecule has 2 aliphatic heterocycles. The molecule has 1 saturated heterocycles. The highest BCUT2D eigenvalue weighted by Gasteiger charge is 2.17. The largest absolute Gasteiger partial charge is 0.490 e. The zero-order valence-corrected chi connectivity index (χ0v) is 11.7. The quantitative estimate of drug-likeness (QED) is 0.888. The van der Waals surface area contributed by atoms with E-state index in [9.17, 15) is 0 Å². The molecule has 2 heterocycles. The summed E-state index contributed by atoms with van der Waals surface area (Å²) in [4.78, 5) is 0. The molecule has 3 rings (SSSR count). The molecule has 1 aromatic rings. The summed E-state index contributed by atoms with van der Waals surface area (Å²) in [5.41, 5.74) is 2.74. The summed E-state index contributed by atoms with van der Waals surface area (Å²) in [6.45, 7) is 6.03. The fourth-order valence-electron chi connectivity index (χ4n) is 2.98. The van der Waals surface area contributed by atoms with Gasteiger partial charge in [0.05, 0.1) is 13.2 Å². The first-order valence-corrected chi connectivity index (χ1v) is 7.43. The van der Waals surface area contributed by atoms with Crippen molar-refractivity contribution >= 4 is 0 Å². The van der Waals surface area contributed by atoms with E-state index in [1.165, 1.54) is 30.5 Å². The van der Waals surface area contributed by atoms with Crippen molar-refractivity contribution in [3.8, 4) is 11.5 Å². The molecule has 3 nitrogen and oxygen atoms in total. The molecule has 0 aliphatic carbocycles. The highest BCUT2D eigenvalue weighted by atomic mass is 16.5. The van der Waals surface area contributed by atoms with Crippen molar-refractivity contribution in [1.82, 2.24) is 5.32 Å². The summed E-state index contributed by atoms with van der Waals surface area (Å²) in [5, 5.41) is 3.49. The van der Waals surface area contributed by atoms with Gasteiger partial charge in [0.15, 0.2) is 11.5 Å². The molecule has 0 bridgehead atoms. The zero-order chi connectivity index (χ0) is 13.1. The summed E-state index contributed by atoms with van der Waals surface area (Å²) >= 11 is 0. The van der Waals surface area contributed by atoms with Crippen LogP contribution in [-0.2, 0) is 6.42 Å². The lowest BCUT2D eigenvalue weighted by Crippen LogP contribution is -2.31. The lowest BCUT2D eigenvalue weighted by atomic mass is 9.90. The van der Waals surface area contributed by atoms with Gasteiger partial charge in [0.25, 0.3) is 0 Å². The smallest absolute Gasteiger partial charge is 0.161 e. The Balaban J connectivity index is 1.78. The predicted molar refractivity (Wildman–Crippen MR) is 76.1 cm³/mol. The molecule has 0 aromatic heterocycles. The standard InChI is InChI=1S/C16H23NO2/c1-12-8-15-16(19-7-3-6-18-15)10-14(12)9-13-4-2-5-17-11-13/h8,10,13,17H,2-7,9,11H2,1H3. The molecule has 104 valence electrons. The van der Waals surface area contributed by atoms with E-state index in [2.05, 4.69) is 24.4 Å². The molecular formula is C16H23NO2. The van der Waals surface area contributed by atoms with Crippen LogP contribution in [0.5, 0.6) is 11.5 Å². The first-order chi connectivity index (χ1) is 9.33. The SMILES string of the molecule is Cc1cc2c(cc1CC1CCCNC1)OCCCO2. The molecule has 0 radical (unpaired) electrons. The minimum absolute atomic E-state index is 0.761. The first kappa shape index (κ1) is 12.8. The van der Waals surface area contributed by atoms with Crippen LogP contribution in [0, 0.1) is 12.8 Å². The molecule has 19 heavy (non-hydrogen) atoms. The van der Waals surface area contributed by atoms with Crippen molar-refractivity contribution in [3.63, 3.8) is 0 Å². The Hall–Kier alpha value is -1.22. The van der Waals surface area contributed by atoms with Crippen LogP contribution in [0.1, 0.15) is 30.4 Å². The van der Waals surface area contributed by atoms with Crippen LogP contribution >= 0.6 is 0 Å². The van der Waals surface area contributed by atoms with Crippen LogP contribution < -0.4 is 14.8 Å². The predicted octanol–water partition coefficient (Wildman–Crippen LogP) is 2.70. The molecule has 2 aliphatic rings. The number of rotatable bonds is 2. The van der Waals surface area contributed by atoms with Crippen molar-refractivity contribution in [2.24, 2.45) is 5.92 Å². The minimum Gasteiger partial charge on any atom is -0.490 e. The fourth-order valence-corrected chi connectivity index (χ4v) is 2.98. The maximum atomic E-state index is 5.79. The molecule has 1 fully saturated rings. The summed E-state index contributed by atoms with van der Waals surface area (Å²) in [7, 11) is 0. The third-order valence-electron chi connectivity index (χ3n) is 4.11. The molecule has 0 saturated carbocycles. The van der Waals surface area contributed by atoms with Gasteiger partial charge in [-0.05, 0) is 68.5 Å². The van der Waals surface area contributed by atoms with Gasteiger partial charge in [0.2, 0.25) is 0 Å². The Morgan fingerprint density at radius 3 is 2.68 bits per heavy atom. The third-order valence-corrected chi connectivity index (χ3v) is 4.11. The van der Waals surface area contributed by atoms with E-state index < -0.39 is 0 Å². The lowest BCUT2D eigenvalue weighted by molar-refractivity contribution is 0.297. The van der Waals surface area contributed by atoms with Crippen LogP contribution in [0.3, 0.4) is 0 Å². The summed E-state index contributed by atoms with van der Waals surface area (Å²) in [6, 6.07) is 4.34. The van der Waals surface area contributed by atoms with Gasteiger partial charge in [0.1, 0.15) is 0 Å². The molecule has 3 heteroatoms. The minimum atomic E-state index is 0.761. The van der Waals surface area contributed by atoms with E-state index in [-0.39, 0.29) is 0 Å². The van der Waals surface area contributed by atoms with Crippen LogP contribution in [0.15, 0.2) is 12.1 Å². The molecular weight excluding hydrogens is 238 g/mol. The number of hydrogen-bond donors (Lipinski definition) is 1. The maximum absolute atomic E-state index is 5.79. The Kier molecular flexibility index (Phi) is 3.92. The Bertz CT molecular complexity index is 439. The summed E-state index contributed by atoms with van der Waals surface area (Å²) in [6.07, 6.45) is 4.75. The van der Waals surface area contributed by atoms with E-state index in [4.69, 9.17) is 9.47 Å². The number of hydrogen-bond acceptors (Lipinski definition) is 3. The second kappa shape index (κ2) is 5.83. The lowest BCUT2D eigenvalue weighted by Gasteiger charge is -2.24. The molecule has 1 N–H and O–H groups in total. The van der Waals surface area contributed by atoms with Gasteiger partial charge in [-0.1, -0.05) is 0 Å². The highest BCUT2D eigenvalue weighted by molar-refractivity contribution is 5.47. The van der Waals surface area contributed by atoms with E-state index in [1.807, 2.05) is 0 Å². The summed E-state index contributed by atoms with van der Waals surface area (Å²) < 4.78 is 11.5. The van der Waals surface area contributed by atoms with Gasteiger partial charge < -0.3 is 14.8 Å². The maximum Gasteiger partial charge on any atom is 0.161 e. The van der Waals surface area contributed by atoms with Crippen molar-refractivity contribution in [1.29, 1.82) is 0 Å². The molecule has 0 spiro atoms. The van der Waals surface area contributed by atoms with Crippen molar-refractivity contribution in [2.45, 2.75) is 32.6 Å². The normalized spacial score (nSPS) is 22.9. The zero-order valence-electron chi connectivity index (χ0n) is 11.7. The van der Waals surface area contributed by atoms with Crippen molar-refractivity contribution in [3.05, 3.63) is 23.3 Å². The van der Waals surface area contributed by atoms with Crippen LogP contribution in [0.4, 0.5) is 0 Å². The molecule has 0 amide bonds. The number of benzene rings is 1. The number of aryl methyl sites for hydroxylation is 1. The monoisotopic (exact) mass is 261 g/mol. The second-order valence-corrected chi connectivity index (χ2v) is 5.69. The fraction of sp³-hybridized carbons (Fsp3) is 0.625. The van der Waals surface area contributed by atoms with Gasteiger partial charge in [-0.15, -0.1) is 0 Å². The summed E-state index contributed by atoms with van der Waals surface area (Å²) in [5.74, 6) is 2.61.